The minimum absolute atomic E-state index is 0.0159. The van der Waals surface area contributed by atoms with Crippen molar-refractivity contribution in [1.82, 2.24) is 4.90 Å². The number of ether oxygens (including phenoxy) is 1. The minimum atomic E-state index is -0.346. The van der Waals surface area contributed by atoms with E-state index in [1.807, 2.05) is 39.9 Å². The first kappa shape index (κ1) is 21.2. The normalized spacial score (nSPS) is 11.3. The molecule has 0 aliphatic carbocycles. The number of hydrogen-bond donors (Lipinski definition) is 2. The van der Waals surface area contributed by atoms with Crippen molar-refractivity contribution in [2.24, 2.45) is 5.41 Å². The van der Waals surface area contributed by atoms with Gasteiger partial charge in [0, 0.05) is 5.41 Å². The third kappa shape index (κ3) is 20.8. The third-order valence-corrected chi connectivity index (χ3v) is 1.77. The number of aliphatic hydroxyl groups is 1. The van der Waals surface area contributed by atoms with Gasteiger partial charge in [0.2, 0.25) is 0 Å². The van der Waals surface area contributed by atoms with Crippen LogP contribution in [0.5, 0.6) is 0 Å². The predicted molar refractivity (Wildman–Crippen MR) is 65.8 cm³/mol. The fraction of sp³-hybridized carbons (Fsp3) is 0.818. The van der Waals surface area contributed by atoms with Crippen LogP contribution >= 0.6 is 0 Å². The number of rotatable bonds is 4. The highest BCUT2D eigenvalue weighted by Gasteiger charge is 2.25. The summed E-state index contributed by atoms with van der Waals surface area (Å²) in [4.78, 5) is 20.2. The molecule has 0 radical (unpaired) electrons. The summed E-state index contributed by atoms with van der Waals surface area (Å²) in [5.74, 6) is 0. The molecule has 17 heavy (non-hydrogen) atoms. The summed E-state index contributed by atoms with van der Waals surface area (Å²) in [6.45, 7) is 5.59. The van der Waals surface area contributed by atoms with Gasteiger partial charge in [-0.05, 0) is 28.1 Å². The van der Waals surface area contributed by atoms with E-state index in [0.29, 0.717) is 6.47 Å². The second kappa shape index (κ2) is 12.9. The second-order valence-electron chi connectivity index (χ2n) is 4.47. The van der Waals surface area contributed by atoms with Crippen molar-refractivity contribution in [1.29, 1.82) is 0 Å². The number of hydrogen-bond acceptors (Lipinski definition) is 5. The molecule has 0 heterocycles. The molecule has 0 aromatic heterocycles. The number of nitrogens with zero attached hydrogens (tertiary/aromatic N) is 1. The van der Waals surface area contributed by atoms with Crippen LogP contribution in [0.1, 0.15) is 20.8 Å². The fourth-order valence-electron chi connectivity index (χ4n) is 0.396. The van der Waals surface area contributed by atoms with E-state index in [9.17, 15) is 4.79 Å². The molecule has 0 aromatic rings. The quantitative estimate of drug-likeness (QED) is 0.705. The third-order valence-electron chi connectivity index (χ3n) is 1.77. The lowest BCUT2D eigenvalue weighted by Gasteiger charge is -2.27. The first-order chi connectivity index (χ1) is 7.69. The summed E-state index contributed by atoms with van der Waals surface area (Å²) in [7, 11) is 6.00. The molecular weight excluding hydrogens is 226 g/mol. The maximum Gasteiger partial charge on any atom is 0.293 e. The van der Waals surface area contributed by atoms with Crippen LogP contribution in [0.2, 0.25) is 0 Å². The topological polar surface area (TPSA) is 87.1 Å². The van der Waals surface area contributed by atoms with Gasteiger partial charge in [-0.1, -0.05) is 13.8 Å². The molecule has 0 saturated carbocycles. The number of aliphatic hydroxyl groups excluding tert-OH is 1. The molecule has 1 unspecified atom stereocenters. The average molecular weight is 251 g/mol. The maximum atomic E-state index is 9.87. The molecule has 6 nitrogen and oxygen atoms in total. The van der Waals surface area contributed by atoms with Crippen LogP contribution in [-0.4, -0.2) is 61.9 Å². The monoisotopic (exact) mass is 251 g/mol. The molecule has 0 aliphatic heterocycles. The van der Waals surface area contributed by atoms with Gasteiger partial charge in [-0.2, -0.15) is 0 Å². The Morgan fingerprint density at radius 2 is 1.59 bits per heavy atom. The zero-order chi connectivity index (χ0) is 14.5. The minimum Gasteiger partial charge on any atom is -0.483 e. The second-order valence-corrected chi connectivity index (χ2v) is 4.47. The first-order valence-electron chi connectivity index (χ1n) is 5.08. The lowest BCUT2D eigenvalue weighted by atomic mass is 9.89. The van der Waals surface area contributed by atoms with E-state index in [-0.39, 0.29) is 24.6 Å². The van der Waals surface area contributed by atoms with Gasteiger partial charge < -0.3 is 19.8 Å². The molecule has 0 aliphatic rings. The molecule has 104 valence electrons. The molecule has 1 atom stereocenters. The van der Waals surface area contributed by atoms with E-state index in [2.05, 4.69) is 4.74 Å². The van der Waals surface area contributed by atoms with Crippen molar-refractivity contribution in [2.75, 3.05) is 27.7 Å². The summed E-state index contributed by atoms with van der Waals surface area (Å²) < 4.78 is 4.66. The first-order valence-corrected chi connectivity index (χ1v) is 5.08. The summed E-state index contributed by atoms with van der Waals surface area (Å²) in [5.41, 5.74) is -0.346. The van der Waals surface area contributed by atoms with Crippen LogP contribution in [0.3, 0.4) is 0 Å². The van der Waals surface area contributed by atoms with Gasteiger partial charge in [0.15, 0.2) is 0 Å². The van der Waals surface area contributed by atoms with E-state index in [1.54, 1.807) is 6.92 Å². The smallest absolute Gasteiger partial charge is 0.293 e. The zero-order valence-corrected chi connectivity index (χ0v) is 11.5. The molecule has 0 fully saturated rings. The van der Waals surface area contributed by atoms with Gasteiger partial charge in [0.1, 0.15) is 6.10 Å². The van der Waals surface area contributed by atoms with E-state index in [0.717, 1.165) is 0 Å². The van der Waals surface area contributed by atoms with Crippen LogP contribution in [-0.2, 0) is 14.3 Å². The summed E-state index contributed by atoms with van der Waals surface area (Å²) in [6, 6.07) is 0. The van der Waals surface area contributed by atoms with Gasteiger partial charge in [-0.15, -0.1) is 0 Å². The van der Waals surface area contributed by atoms with E-state index in [4.69, 9.17) is 15.0 Å². The van der Waals surface area contributed by atoms with Gasteiger partial charge in [0.05, 0.1) is 6.61 Å². The van der Waals surface area contributed by atoms with Gasteiger partial charge in [0.25, 0.3) is 12.9 Å². The Morgan fingerprint density at radius 3 is 1.76 bits per heavy atom. The highest BCUT2D eigenvalue weighted by atomic mass is 16.5. The Balaban J connectivity index is -0.000000232. The number of carbonyl (C=O) groups is 2. The predicted octanol–water partition coefficient (Wildman–Crippen LogP) is 0.445. The number of carbonyl (C=O) groups excluding carboxylic acids is 1. The Labute approximate surface area is 103 Å². The molecule has 0 rings (SSSR count). The van der Waals surface area contributed by atoms with Crippen molar-refractivity contribution >= 4 is 12.9 Å². The Bertz CT molecular complexity index is 180. The molecule has 0 bridgehead atoms. The Morgan fingerprint density at radius 1 is 1.29 bits per heavy atom. The molecule has 0 aromatic carbocycles. The highest BCUT2D eigenvalue weighted by Crippen LogP contribution is 2.20. The van der Waals surface area contributed by atoms with Crippen LogP contribution in [0.15, 0.2) is 0 Å². The van der Waals surface area contributed by atoms with Crippen LogP contribution in [0, 0.1) is 5.41 Å². The summed E-state index contributed by atoms with van der Waals surface area (Å²) in [5, 5.41) is 15.7. The lowest BCUT2D eigenvalue weighted by molar-refractivity contribution is -0.139. The largest absolute Gasteiger partial charge is 0.483 e. The zero-order valence-electron chi connectivity index (χ0n) is 11.5. The van der Waals surface area contributed by atoms with Crippen molar-refractivity contribution in [3.05, 3.63) is 0 Å². The van der Waals surface area contributed by atoms with Crippen molar-refractivity contribution in [2.45, 2.75) is 26.9 Å². The van der Waals surface area contributed by atoms with E-state index >= 15 is 0 Å². The van der Waals surface area contributed by atoms with Crippen molar-refractivity contribution < 1.29 is 24.5 Å². The van der Waals surface area contributed by atoms with E-state index in [1.165, 1.54) is 0 Å². The van der Waals surface area contributed by atoms with Crippen LogP contribution < -0.4 is 0 Å². The number of carboxylic acid groups (broad SMARTS) is 1. The summed E-state index contributed by atoms with van der Waals surface area (Å²) >= 11 is 0. The highest BCUT2D eigenvalue weighted by molar-refractivity contribution is 5.37. The van der Waals surface area contributed by atoms with Gasteiger partial charge >= 0.3 is 0 Å². The molecular formula is C11H25NO5. The van der Waals surface area contributed by atoms with Crippen LogP contribution in [0.4, 0.5) is 0 Å². The molecule has 0 spiro atoms. The SMILES string of the molecule is CC(OC=O)C(C)(C)CO.CN(C)C.O=CO. The lowest BCUT2D eigenvalue weighted by Crippen LogP contribution is -2.32. The van der Waals surface area contributed by atoms with Crippen molar-refractivity contribution in [3.63, 3.8) is 0 Å². The molecule has 0 amide bonds. The maximum absolute atomic E-state index is 9.87. The van der Waals surface area contributed by atoms with E-state index < -0.39 is 0 Å². The average Bonchev–Trinajstić information content (AvgIpc) is 2.18. The van der Waals surface area contributed by atoms with Crippen molar-refractivity contribution in [3.8, 4) is 0 Å². The molecule has 0 saturated heterocycles. The van der Waals surface area contributed by atoms with Gasteiger partial charge in [-0.3, -0.25) is 9.59 Å². The molecule has 2 N–H and O–H groups in total. The standard InChI is InChI=1S/C7H14O3.C3H9N.CH2O2/c1-6(10-5-9)7(2,3)4-8;1-4(2)3;2-1-3/h5-6,8H,4H2,1-3H3;1-3H3;1H,(H,2,3). The van der Waals surface area contributed by atoms with Crippen LogP contribution in [0.25, 0.3) is 0 Å². The van der Waals surface area contributed by atoms with Gasteiger partial charge in [-0.25, -0.2) is 0 Å². The molecule has 6 heteroatoms. The Hall–Kier alpha value is -1.14. The fourth-order valence-corrected chi connectivity index (χ4v) is 0.396. The summed E-state index contributed by atoms with van der Waals surface area (Å²) in [6.07, 6.45) is -0.241. The Kier molecular flexibility index (Phi) is 16.1.